The summed E-state index contributed by atoms with van der Waals surface area (Å²) < 4.78 is 11.8. The molecule has 0 amide bonds. The fraction of sp³-hybridized carbons (Fsp3) is 0.750. The summed E-state index contributed by atoms with van der Waals surface area (Å²) in [5.74, 6) is 1.39. The lowest BCUT2D eigenvalue weighted by Crippen LogP contribution is -2.01. The first-order valence-corrected chi connectivity index (χ1v) is 15.4. The van der Waals surface area contributed by atoms with Crippen LogP contribution in [0.15, 0.2) is 24.3 Å². The van der Waals surface area contributed by atoms with Gasteiger partial charge < -0.3 is 9.47 Å². The number of rotatable bonds is 24. The van der Waals surface area contributed by atoms with Crippen LogP contribution in [0.1, 0.15) is 142 Å². The van der Waals surface area contributed by atoms with Gasteiger partial charge >= 0.3 is 0 Å². The van der Waals surface area contributed by atoms with Crippen LogP contribution >= 0.6 is 0 Å². The number of unbranched alkanes of at least 4 members (excludes halogenated alkanes) is 18. The molecule has 0 N–H and O–H groups in total. The van der Waals surface area contributed by atoms with Crippen molar-refractivity contribution in [3.05, 3.63) is 24.3 Å². The van der Waals surface area contributed by atoms with E-state index in [4.69, 9.17) is 9.47 Å². The second kappa shape index (κ2) is 21.3. The smallest absolute Gasteiger partial charge is 0.213 e. The maximum absolute atomic E-state index is 5.89. The minimum atomic E-state index is 0.694. The first-order chi connectivity index (χ1) is 17.8. The van der Waals surface area contributed by atoms with E-state index >= 15 is 0 Å². The Bertz CT molecular complexity index is 715. The zero-order chi connectivity index (χ0) is 25.5. The molecule has 2 aromatic rings. The first kappa shape index (κ1) is 30.4. The van der Waals surface area contributed by atoms with Gasteiger partial charge in [0, 0.05) is 12.1 Å². The van der Waals surface area contributed by atoms with Crippen molar-refractivity contribution in [1.82, 2.24) is 9.97 Å². The lowest BCUT2D eigenvalue weighted by molar-refractivity contribution is 0.292. The van der Waals surface area contributed by atoms with E-state index in [1.165, 1.54) is 116 Å². The van der Waals surface area contributed by atoms with Crippen molar-refractivity contribution in [3.63, 3.8) is 0 Å². The second-order valence-corrected chi connectivity index (χ2v) is 10.4. The molecule has 2 aromatic heterocycles. The van der Waals surface area contributed by atoms with Gasteiger partial charge in [-0.25, -0.2) is 9.97 Å². The van der Waals surface area contributed by atoms with Gasteiger partial charge in [0.25, 0.3) is 0 Å². The molecule has 0 saturated carbocycles. The third kappa shape index (κ3) is 14.7. The average Bonchev–Trinajstić information content (AvgIpc) is 2.90. The molecule has 0 aliphatic carbocycles. The Morgan fingerprint density at radius 2 is 0.722 bits per heavy atom. The SMILES string of the molecule is CCCCCCCCCCCCOc1ccc2nc(OCCCCCCCCCCCC)ccc2n1. The van der Waals surface area contributed by atoms with Gasteiger partial charge in [-0.15, -0.1) is 0 Å². The van der Waals surface area contributed by atoms with Crippen LogP contribution in [0.5, 0.6) is 11.8 Å². The average molecular weight is 499 g/mol. The Kier molecular flexibility index (Phi) is 17.9. The zero-order valence-corrected chi connectivity index (χ0v) is 23.6. The lowest BCUT2D eigenvalue weighted by Gasteiger charge is -2.08. The number of hydrogen-bond donors (Lipinski definition) is 0. The summed E-state index contributed by atoms with van der Waals surface area (Å²) in [5, 5.41) is 0. The van der Waals surface area contributed by atoms with Crippen molar-refractivity contribution >= 4 is 11.0 Å². The molecule has 2 rings (SSSR count). The number of fused-ring (bicyclic) bond motifs is 1. The molecule has 0 spiro atoms. The van der Waals surface area contributed by atoms with Crippen molar-refractivity contribution in [2.45, 2.75) is 142 Å². The Balaban J connectivity index is 1.51. The third-order valence-corrected chi connectivity index (χ3v) is 6.99. The van der Waals surface area contributed by atoms with E-state index < -0.39 is 0 Å². The lowest BCUT2D eigenvalue weighted by atomic mass is 10.1. The normalized spacial score (nSPS) is 11.3. The summed E-state index contributed by atoms with van der Waals surface area (Å²) in [6.07, 6.45) is 26.7. The Morgan fingerprint density at radius 3 is 1.06 bits per heavy atom. The third-order valence-electron chi connectivity index (χ3n) is 6.99. The molecule has 4 heteroatoms. The summed E-state index contributed by atoms with van der Waals surface area (Å²) in [6, 6.07) is 7.84. The molecule has 0 atom stereocenters. The fourth-order valence-corrected chi connectivity index (χ4v) is 4.67. The van der Waals surface area contributed by atoms with E-state index in [9.17, 15) is 0 Å². The van der Waals surface area contributed by atoms with Crippen LogP contribution in [0.2, 0.25) is 0 Å². The minimum absolute atomic E-state index is 0.694. The molecular formula is C32H54N2O2. The molecule has 36 heavy (non-hydrogen) atoms. The molecule has 0 aliphatic rings. The summed E-state index contributed by atoms with van der Waals surface area (Å²) in [6.45, 7) is 6.03. The van der Waals surface area contributed by atoms with Gasteiger partial charge in [-0.3, -0.25) is 0 Å². The highest BCUT2D eigenvalue weighted by Gasteiger charge is 2.04. The van der Waals surface area contributed by atoms with Crippen LogP contribution in [-0.2, 0) is 0 Å². The topological polar surface area (TPSA) is 44.2 Å². The Labute approximate surface area is 222 Å². The monoisotopic (exact) mass is 498 g/mol. The standard InChI is InChI=1S/C32H54N2O2/c1-3-5-7-9-11-13-15-17-19-21-27-35-31-25-23-30-29(33-31)24-26-32(34-30)36-28-22-20-18-16-14-12-10-8-6-4-2/h23-26H,3-22,27-28H2,1-2H3. The summed E-state index contributed by atoms with van der Waals surface area (Å²) in [5.41, 5.74) is 1.73. The molecular weight excluding hydrogens is 444 g/mol. The molecule has 0 aliphatic heterocycles. The van der Waals surface area contributed by atoms with Gasteiger partial charge in [0.15, 0.2) is 0 Å². The predicted octanol–water partition coefficient (Wildman–Crippen LogP) is 10.2. The largest absolute Gasteiger partial charge is 0.478 e. The van der Waals surface area contributed by atoms with E-state index in [0.29, 0.717) is 11.8 Å². The van der Waals surface area contributed by atoms with Crippen molar-refractivity contribution in [2.75, 3.05) is 13.2 Å². The van der Waals surface area contributed by atoms with E-state index in [0.717, 1.165) is 37.1 Å². The van der Waals surface area contributed by atoms with Crippen molar-refractivity contribution in [1.29, 1.82) is 0 Å². The maximum atomic E-state index is 5.89. The Morgan fingerprint density at radius 1 is 0.417 bits per heavy atom. The van der Waals surface area contributed by atoms with Crippen LogP contribution in [-0.4, -0.2) is 23.2 Å². The van der Waals surface area contributed by atoms with Crippen molar-refractivity contribution in [2.24, 2.45) is 0 Å². The van der Waals surface area contributed by atoms with Crippen molar-refractivity contribution in [3.8, 4) is 11.8 Å². The van der Waals surface area contributed by atoms with Crippen LogP contribution in [0.25, 0.3) is 11.0 Å². The molecule has 0 fully saturated rings. The molecule has 0 aromatic carbocycles. The van der Waals surface area contributed by atoms with E-state index in [2.05, 4.69) is 23.8 Å². The van der Waals surface area contributed by atoms with Gasteiger partial charge in [0.2, 0.25) is 11.8 Å². The van der Waals surface area contributed by atoms with Gasteiger partial charge in [0.05, 0.1) is 24.2 Å². The van der Waals surface area contributed by atoms with Crippen LogP contribution in [0.4, 0.5) is 0 Å². The number of pyridine rings is 2. The molecule has 204 valence electrons. The van der Waals surface area contributed by atoms with E-state index in [1.807, 2.05) is 24.3 Å². The van der Waals surface area contributed by atoms with Crippen molar-refractivity contribution < 1.29 is 9.47 Å². The summed E-state index contributed by atoms with van der Waals surface area (Å²) >= 11 is 0. The Hall–Kier alpha value is -1.84. The van der Waals surface area contributed by atoms with Gasteiger partial charge in [0.1, 0.15) is 0 Å². The molecule has 0 radical (unpaired) electrons. The highest BCUT2D eigenvalue weighted by atomic mass is 16.5. The minimum Gasteiger partial charge on any atom is -0.478 e. The second-order valence-electron chi connectivity index (χ2n) is 10.4. The van der Waals surface area contributed by atoms with Crippen LogP contribution in [0.3, 0.4) is 0 Å². The van der Waals surface area contributed by atoms with Gasteiger partial charge in [-0.05, 0) is 25.0 Å². The van der Waals surface area contributed by atoms with Crippen LogP contribution < -0.4 is 9.47 Å². The molecule has 0 bridgehead atoms. The van der Waals surface area contributed by atoms with E-state index in [-0.39, 0.29) is 0 Å². The molecule has 0 saturated heterocycles. The number of nitrogens with zero attached hydrogens (tertiary/aromatic N) is 2. The number of ether oxygens (including phenoxy) is 2. The van der Waals surface area contributed by atoms with Crippen LogP contribution in [0, 0.1) is 0 Å². The summed E-state index contributed by atoms with van der Waals surface area (Å²) in [7, 11) is 0. The number of hydrogen-bond acceptors (Lipinski definition) is 4. The highest BCUT2D eigenvalue weighted by Crippen LogP contribution is 2.19. The van der Waals surface area contributed by atoms with Gasteiger partial charge in [-0.1, -0.05) is 129 Å². The molecule has 0 unspecified atom stereocenters. The summed E-state index contributed by atoms with van der Waals surface area (Å²) in [4.78, 5) is 9.24. The maximum Gasteiger partial charge on any atom is 0.213 e. The fourth-order valence-electron chi connectivity index (χ4n) is 4.67. The first-order valence-electron chi connectivity index (χ1n) is 15.4. The van der Waals surface area contributed by atoms with E-state index in [1.54, 1.807) is 0 Å². The zero-order valence-electron chi connectivity index (χ0n) is 23.6. The number of aromatic nitrogens is 2. The predicted molar refractivity (Wildman–Crippen MR) is 154 cm³/mol. The highest BCUT2D eigenvalue weighted by molar-refractivity contribution is 5.75. The molecule has 2 heterocycles. The van der Waals surface area contributed by atoms with Gasteiger partial charge in [-0.2, -0.15) is 0 Å². The molecule has 4 nitrogen and oxygen atoms in total. The quantitative estimate of drug-likeness (QED) is 0.135.